The van der Waals surface area contributed by atoms with Gasteiger partial charge in [-0.15, -0.1) is 0 Å². The van der Waals surface area contributed by atoms with Gasteiger partial charge in [0.25, 0.3) is 5.91 Å². The molecule has 0 aromatic heterocycles. The van der Waals surface area contributed by atoms with Crippen LogP contribution < -0.4 is 14.8 Å². The molecule has 1 atom stereocenters. The van der Waals surface area contributed by atoms with Crippen LogP contribution in [0.15, 0.2) is 40.9 Å². The van der Waals surface area contributed by atoms with E-state index in [1.807, 2.05) is 38.1 Å². The van der Waals surface area contributed by atoms with Crippen molar-refractivity contribution in [3.63, 3.8) is 0 Å². The first-order chi connectivity index (χ1) is 11.1. The van der Waals surface area contributed by atoms with Crippen molar-refractivity contribution in [3.8, 4) is 11.5 Å². The minimum atomic E-state index is -0.176. The van der Waals surface area contributed by atoms with Gasteiger partial charge < -0.3 is 14.8 Å². The molecule has 0 saturated heterocycles. The third kappa shape index (κ3) is 3.50. The lowest BCUT2D eigenvalue weighted by Crippen LogP contribution is -2.13. The lowest BCUT2D eigenvalue weighted by atomic mass is 10.1. The van der Waals surface area contributed by atoms with Crippen LogP contribution in [-0.2, 0) is 6.42 Å². The molecule has 0 unspecified atom stereocenters. The van der Waals surface area contributed by atoms with Gasteiger partial charge in [-0.2, -0.15) is 0 Å². The summed E-state index contributed by atoms with van der Waals surface area (Å²) < 4.78 is 12.4. The summed E-state index contributed by atoms with van der Waals surface area (Å²) in [7, 11) is 0. The van der Waals surface area contributed by atoms with E-state index in [0.717, 1.165) is 22.2 Å². The van der Waals surface area contributed by atoms with Gasteiger partial charge in [0.15, 0.2) is 0 Å². The second-order valence-corrected chi connectivity index (χ2v) is 6.40. The third-order valence-electron chi connectivity index (χ3n) is 3.65. The largest absolute Gasteiger partial charge is 0.492 e. The van der Waals surface area contributed by atoms with Gasteiger partial charge in [0.1, 0.15) is 17.6 Å². The molecule has 120 valence electrons. The molecule has 1 amide bonds. The summed E-state index contributed by atoms with van der Waals surface area (Å²) in [6, 6.07) is 11.0. The van der Waals surface area contributed by atoms with Gasteiger partial charge in [-0.05, 0) is 44.2 Å². The quantitative estimate of drug-likeness (QED) is 0.859. The van der Waals surface area contributed by atoms with E-state index < -0.39 is 0 Å². The number of hydrogen-bond acceptors (Lipinski definition) is 3. The molecule has 1 heterocycles. The van der Waals surface area contributed by atoms with E-state index in [9.17, 15) is 4.79 Å². The smallest absolute Gasteiger partial charge is 0.255 e. The highest BCUT2D eigenvalue weighted by Crippen LogP contribution is 2.38. The fourth-order valence-corrected chi connectivity index (χ4v) is 2.87. The molecular weight excluding hydrogens is 358 g/mol. The maximum absolute atomic E-state index is 12.4. The van der Waals surface area contributed by atoms with Crippen LogP contribution in [0.4, 0.5) is 5.69 Å². The lowest BCUT2D eigenvalue weighted by Gasteiger charge is -2.13. The zero-order chi connectivity index (χ0) is 16.4. The first kappa shape index (κ1) is 15.9. The fourth-order valence-electron chi connectivity index (χ4n) is 2.61. The van der Waals surface area contributed by atoms with Crippen molar-refractivity contribution < 1.29 is 14.3 Å². The summed E-state index contributed by atoms with van der Waals surface area (Å²) >= 11 is 3.36. The molecule has 1 aliphatic heterocycles. The van der Waals surface area contributed by atoms with Crippen LogP contribution in [-0.4, -0.2) is 18.6 Å². The Morgan fingerprint density at radius 3 is 2.78 bits per heavy atom. The molecule has 0 aliphatic carbocycles. The molecular formula is C18H18BrNO3. The summed E-state index contributed by atoms with van der Waals surface area (Å²) in [6.07, 6.45) is 1.01. The van der Waals surface area contributed by atoms with Gasteiger partial charge in [-0.3, -0.25) is 4.79 Å². The predicted molar refractivity (Wildman–Crippen MR) is 93.5 cm³/mol. The van der Waals surface area contributed by atoms with Crippen molar-refractivity contribution in [2.24, 2.45) is 0 Å². The normalized spacial score (nSPS) is 15.7. The van der Waals surface area contributed by atoms with Crippen LogP contribution in [0.25, 0.3) is 0 Å². The Kier molecular flexibility index (Phi) is 4.57. The Hall–Kier alpha value is -2.01. The Balaban J connectivity index is 1.88. The van der Waals surface area contributed by atoms with Crippen molar-refractivity contribution in [2.75, 3.05) is 11.9 Å². The summed E-state index contributed by atoms with van der Waals surface area (Å²) in [4.78, 5) is 12.4. The molecule has 0 fully saturated rings. The molecule has 2 aromatic carbocycles. The highest BCUT2D eigenvalue weighted by Gasteiger charge is 2.22. The molecule has 4 nitrogen and oxygen atoms in total. The zero-order valence-corrected chi connectivity index (χ0v) is 14.6. The van der Waals surface area contributed by atoms with E-state index >= 15 is 0 Å². The second kappa shape index (κ2) is 6.62. The van der Waals surface area contributed by atoms with E-state index in [1.54, 1.807) is 12.1 Å². The zero-order valence-electron chi connectivity index (χ0n) is 13.1. The van der Waals surface area contributed by atoms with Gasteiger partial charge in [0.2, 0.25) is 0 Å². The number of halogens is 1. The molecule has 1 aliphatic rings. The van der Waals surface area contributed by atoms with E-state index in [4.69, 9.17) is 9.47 Å². The minimum absolute atomic E-state index is 0.150. The number of ether oxygens (including phenoxy) is 2. The molecule has 3 rings (SSSR count). The van der Waals surface area contributed by atoms with Gasteiger partial charge in [-0.25, -0.2) is 0 Å². The summed E-state index contributed by atoms with van der Waals surface area (Å²) in [5.41, 5.74) is 2.33. The van der Waals surface area contributed by atoms with Crippen molar-refractivity contribution in [3.05, 3.63) is 52.0 Å². The van der Waals surface area contributed by atoms with Crippen molar-refractivity contribution in [1.82, 2.24) is 0 Å². The van der Waals surface area contributed by atoms with E-state index in [0.29, 0.717) is 23.6 Å². The molecule has 1 N–H and O–H groups in total. The van der Waals surface area contributed by atoms with Crippen molar-refractivity contribution >= 4 is 27.5 Å². The highest BCUT2D eigenvalue weighted by molar-refractivity contribution is 9.10. The average molecular weight is 376 g/mol. The standard InChI is InChI=1S/C18H18BrNO3/c1-3-22-17-9-13-8-11(2)23-16(13)10-15(17)20-18(21)12-4-6-14(19)7-5-12/h4-7,9-11H,3,8H2,1-2H3,(H,20,21)/t11-/m0/s1. The Morgan fingerprint density at radius 1 is 1.35 bits per heavy atom. The van der Waals surface area contributed by atoms with Gasteiger partial charge in [-0.1, -0.05) is 15.9 Å². The molecule has 0 spiro atoms. The Labute approximate surface area is 143 Å². The maximum atomic E-state index is 12.4. The Morgan fingerprint density at radius 2 is 2.09 bits per heavy atom. The number of carbonyl (C=O) groups excluding carboxylic acids is 1. The van der Waals surface area contributed by atoms with Crippen molar-refractivity contribution in [2.45, 2.75) is 26.4 Å². The predicted octanol–water partition coefficient (Wildman–Crippen LogP) is 4.42. The number of rotatable bonds is 4. The van der Waals surface area contributed by atoms with E-state index in [1.165, 1.54) is 0 Å². The Bertz CT molecular complexity index is 728. The lowest BCUT2D eigenvalue weighted by molar-refractivity contribution is 0.102. The number of fused-ring (bicyclic) bond motifs is 1. The topological polar surface area (TPSA) is 47.6 Å². The molecule has 0 bridgehead atoms. The summed E-state index contributed by atoms with van der Waals surface area (Å²) in [6.45, 7) is 4.49. The van der Waals surface area contributed by atoms with Crippen molar-refractivity contribution in [1.29, 1.82) is 0 Å². The van der Waals surface area contributed by atoms with Crippen LogP contribution in [0, 0.1) is 0 Å². The first-order valence-corrected chi connectivity index (χ1v) is 8.39. The summed E-state index contributed by atoms with van der Waals surface area (Å²) in [5, 5.41) is 2.92. The molecule has 2 aromatic rings. The second-order valence-electron chi connectivity index (χ2n) is 5.48. The SMILES string of the molecule is CCOc1cc2c(cc1NC(=O)c1ccc(Br)cc1)O[C@@H](C)C2. The van der Waals surface area contributed by atoms with Crippen LogP contribution in [0.5, 0.6) is 11.5 Å². The first-order valence-electron chi connectivity index (χ1n) is 7.60. The van der Waals surface area contributed by atoms with Gasteiger partial charge in [0.05, 0.1) is 12.3 Å². The van der Waals surface area contributed by atoms with Crippen LogP contribution in [0.1, 0.15) is 29.8 Å². The number of hydrogen-bond donors (Lipinski definition) is 1. The number of amides is 1. The molecule has 0 radical (unpaired) electrons. The van der Waals surface area contributed by atoms with Crippen LogP contribution in [0.3, 0.4) is 0 Å². The fraction of sp³-hybridized carbons (Fsp3) is 0.278. The summed E-state index contributed by atoms with van der Waals surface area (Å²) in [5.74, 6) is 1.31. The van der Waals surface area contributed by atoms with E-state index in [2.05, 4.69) is 21.2 Å². The number of anilines is 1. The number of nitrogens with one attached hydrogen (secondary N) is 1. The molecule has 5 heteroatoms. The van der Waals surface area contributed by atoms with Crippen LogP contribution >= 0.6 is 15.9 Å². The molecule has 0 saturated carbocycles. The maximum Gasteiger partial charge on any atom is 0.255 e. The number of carbonyl (C=O) groups is 1. The molecule has 23 heavy (non-hydrogen) atoms. The van der Waals surface area contributed by atoms with Gasteiger partial charge in [0, 0.05) is 28.1 Å². The average Bonchev–Trinajstić information content (AvgIpc) is 2.87. The number of benzene rings is 2. The highest BCUT2D eigenvalue weighted by atomic mass is 79.9. The van der Waals surface area contributed by atoms with E-state index in [-0.39, 0.29) is 12.0 Å². The monoisotopic (exact) mass is 375 g/mol. The van der Waals surface area contributed by atoms with Gasteiger partial charge >= 0.3 is 0 Å². The minimum Gasteiger partial charge on any atom is -0.492 e. The third-order valence-corrected chi connectivity index (χ3v) is 4.18. The van der Waals surface area contributed by atoms with Crippen LogP contribution in [0.2, 0.25) is 0 Å².